The molecule has 0 amide bonds. The summed E-state index contributed by atoms with van der Waals surface area (Å²) >= 11 is 0. The van der Waals surface area contributed by atoms with E-state index in [9.17, 15) is 0 Å². The molecular formula is C17H38O6. The first kappa shape index (κ1) is 25.0. The van der Waals surface area contributed by atoms with Crippen molar-refractivity contribution in [3.05, 3.63) is 0 Å². The molecule has 0 rings (SSSR count). The fourth-order valence-corrected chi connectivity index (χ4v) is 1.34. The first-order valence-corrected chi connectivity index (χ1v) is 8.70. The van der Waals surface area contributed by atoms with Crippen LogP contribution in [-0.4, -0.2) is 79.8 Å². The predicted molar refractivity (Wildman–Crippen MR) is 92.2 cm³/mol. The van der Waals surface area contributed by atoms with Crippen LogP contribution in [0.1, 0.15) is 33.6 Å². The van der Waals surface area contributed by atoms with Crippen molar-refractivity contribution in [3.8, 4) is 0 Å². The summed E-state index contributed by atoms with van der Waals surface area (Å²) in [6.07, 6.45) is 2.14. The van der Waals surface area contributed by atoms with Gasteiger partial charge in [0.1, 0.15) is 0 Å². The van der Waals surface area contributed by atoms with Crippen LogP contribution < -0.4 is 0 Å². The molecule has 0 aromatic rings. The van der Waals surface area contributed by atoms with E-state index >= 15 is 0 Å². The zero-order chi connectivity index (χ0) is 17.4. The molecular weight excluding hydrogens is 300 g/mol. The lowest BCUT2D eigenvalue weighted by Gasteiger charge is -2.04. The van der Waals surface area contributed by atoms with Crippen molar-refractivity contribution in [1.82, 2.24) is 0 Å². The molecule has 0 atom stereocenters. The molecule has 0 fully saturated rings. The SMILES string of the molecule is CCCOCCOCCOC.CCCOCCOCCOCC. The third-order valence-corrected chi connectivity index (χ3v) is 2.45. The molecule has 0 heterocycles. The molecule has 0 aliphatic heterocycles. The predicted octanol–water partition coefficient (Wildman–Crippen LogP) is 2.54. The Balaban J connectivity index is 0. The van der Waals surface area contributed by atoms with Crippen LogP contribution in [0.2, 0.25) is 0 Å². The summed E-state index contributed by atoms with van der Waals surface area (Å²) in [4.78, 5) is 0. The quantitative estimate of drug-likeness (QED) is 0.380. The van der Waals surface area contributed by atoms with E-state index in [1.54, 1.807) is 7.11 Å². The molecule has 0 bridgehead atoms. The molecule has 0 saturated heterocycles. The van der Waals surface area contributed by atoms with E-state index in [1.807, 2.05) is 6.92 Å². The lowest BCUT2D eigenvalue weighted by molar-refractivity contribution is 0.0171. The Hall–Kier alpha value is -0.240. The molecule has 23 heavy (non-hydrogen) atoms. The number of ether oxygens (including phenoxy) is 6. The Morgan fingerprint density at radius 1 is 0.435 bits per heavy atom. The molecule has 6 nitrogen and oxygen atoms in total. The summed E-state index contributed by atoms with van der Waals surface area (Å²) in [5.41, 5.74) is 0. The number of rotatable bonds is 17. The van der Waals surface area contributed by atoms with Crippen molar-refractivity contribution in [3.63, 3.8) is 0 Å². The summed E-state index contributed by atoms with van der Waals surface area (Å²) in [5.74, 6) is 0. The summed E-state index contributed by atoms with van der Waals surface area (Å²) in [7, 11) is 1.66. The lowest BCUT2D eigenvalue weighted by atomic mass is 10.5. The van der Waals surface area contributed by atoms with Gasteiger partial charge in [-0.25, -0.2) is 0 Å². The minimum Gasteiger partial charge on any atom is -0.382 e. The highest BCUT2D eigenvalue weighted by Crippen LogP contribution is 1.83. The van der Waals surface area contributed by atoms with Gasteiger partial charge in [0.05, 0.1) is 52.9 Å². The molecule has 0 spiro atoms. The van der Waals surface area contributed by atoms with E-state index in [0.29, 0.717) is 52.9 Å². The van der Waals surface area contributed by atoms with Crippen molar-refractivity contribution in [2.45, 2.75) is 33.6 Å². The molecule has 0 aromatic heterocycles. The van der Waals surface area contributed by atoms with Gasteiger partial charge in [0, 0.05) is 26.9 Å². The summed E-state index contributed by atoms with van der Waals surface area (Å²) in [5, 5.41) is 0. The van der Waals surface area contributed by atoms with Crippen molar-refractivity contribution >= 4 is 0 Å². The van der Waals surface area contributed by atoms with Crippen LogP contribution >= 0.6 is 0 Å². The second kappa shape index (κ2) is 26.6. The van der Waals surface area contributed by atoms with Gasteiger partial charge in [-0.3, -0.25) is 0 Å². The second-order valence-electron chi connectivity index (χ2n) is 4.64. The Labute approximate surface area is 142 Å². The normalized spacial score (nSPS) is 10.4. The Bertz CT molecular complexity index is 162. The van der Waals surface area contributed by atoms with Crippen LogP contribution in [0.25, 0.3) is 0 Å². The standard InChI is InChI=1S/C9H20O3.C8H18O3/c1-3-5-11-8-9-12-7-6-10-4-2;1-3-4-10-7-8-11-6-5-9-2/h3-9H2,1-2H3;3-8H2,1-2H3. The van der Waals surface area contributed by atoms with E-state index in [-0.39, 0.29) is 0 Å². The van der Waals surface area contributed by atoms with E-state index in [4.69, 9.17) is 28.4 Å². The topological polar surface area (TPSA) is 55.4 Å². The van der Waals surface area contributed by atoms with Gasteiger partial charge in [0.25, 0.3) is 0 Å². The van der Waals surface area contributed by atoms with E-state index in [0.717, 1.165) is 32.7 Å². The number of hydrogen-bond acceptors (Lipinski definition) is 6. The minimum absolute atomic E-state index is 0.659. The van der Waals surface area contributed by atoms with E-state index in [2.05, 4.69) is 13.8 Å². The lowest BCUT2D eigenvalue weighted by Crippen LogP contribution is -2.09. The van der Waals surface area contributed by atoms with Crippen molar-refractivity contribution < 1.29 is 28.4 Å². The van der Waals surface area contributed by atoms with Crippen molar-refractivity contribution in [2.24, 2.45) is 0 Å². The van der Waals surface area contributed by atoms with Gasteiger partial charge in [-0.1, -0.05) is 13.8 Å². The van der Waals surface area contributed by atoms with Gasteiger partial charge in [-0.15, -0.1) is 0 Å². The number of methoxy groups -OCH3 is 1. The highest BCUT2D eigenvalue weighted by atomic mass is 16.5. The molecule has 0 aliphatic carbocycles. The van der Waals surface area contributed by atoms with Gasteiger partial charge < -0.3 is 28.4 Å². The zero-order valence-corrected chi connectivity index (χ0v) is 15.6. The molecule has 0 radical (unpaired) electrons. The summed E-state index contributed by atoms with van der Waals surface area (Å²) in [6.45, 7) is 14.0. The maximum Gasteiger partial charge on any atom is 0.0701 e. The van der Waals surface area contributed by atoms with E-state index in [1.165, 1.54) is 0 Å². The summed E-state index contributed by atoms with van der Waals surface area (Å²) in [6, 6.07) is 0. The maximum absolute atomic E-state index is 5.23. The van der Waals surface area contributed by atoms with Crippen LogP contribution in [0, 0.1) is 0 Å². The molecule has 0 unspecified atom stereocenters. The highest BCUT2D eigenvalue weighted by molar-refractivity contribution is 4.32. The van der Waals surface area contributed by atoms with Crippen molar-refractivity contribution in [2.75, 3.05) is 79.8 Å². The van der Waals surface area contributed by atoms with Crippen LogP contribution in [0.3, 0.4) is 0 Å². The molecule has 6 heteroatoms. The van der Waals surface area contributed by atoms with E-state index < -0.39 is 0 Å². The average molecular weight is 338 g/mol. The monoisotopic (exact) mass is 338 g/mol. The second-order valence-corrected chi connectivity index (χ2v) is 4.64. The Kier molecular flexibility index (Phi) is 29.0. The third-order valence-electron chi connectivity index (χ3n) is 2.45. The number of hydrogen-bond donors (Lipinski definition) is 0. The van der Waals surface area contributed by atoms with Gasteiger partial charge in [0.2, 0.25) is 0 Å². The first-order valence-electron chi connectivity index (χ1n) is 8.70. The Morgan fingerprint density at radius 3 is 1.13 bits per heavy atom. The maximum atomic E-state index is 5.23. The Morgan fingerprint density at radius 2 is 0.783 bits per heavy atom. The summed E-state index contributed by atoms with van der Waals surface area (Å²) < 4.78 is 30.7. The van der Waals surface area contributed by atoms with Gasteiger partial charge in [-0.2, -0.15) is 0 Å². The minimum atomic E-state index is 0.659. The third kappa shape index (κ3) is 30.2. The smallest absolute Gasteiger partial charge is 0.0701 e. The highest BCUT2D eigenvalue weighted by Gasteiger charge is 1.89. The van der Waals surface area contributed by atoms with Gasteiger partial charge in [-0.05, 0) is 19.8 Å². The molecule has 142 valence electrons. The van der Waals surface area contributed by atoms with Crippen molar-refractivity contribution in [1.29, 1.82) is 0 Å². The molecule has 0 aromatic carbocycles. The largest absolute Gasteiger partial charge is 0.382 e. The molecule has 0 saturated carbocycles. The zero-order valence-electron chi connectivity index (χ0n) is 15.6. The van der Waals surface area contributed by atoms with Crippen LogP contribution in [-0.2, 0) is 28.4 Å². The van der Waals surface area contributed by atoms with Crippen LogP contribution in [0.4, 0.5) is 0 Å². The fraction of sp³-hybridized carbons (Fsp3) is 1.00. The van der Waals surface area contributed by atoms with Gasteiger partial charge >= 0.3 is 0 Å². The average Bonchev–Trinajstić information content (AvgIpc) is 2.57. The molecule has 0 aliphatic rings. The van der Waals surface area contributed by atoms with Gasteiger partial charge in [0.15, 0.2) is 0 Å². The fourth-order valence-electron chi connectivity index (χ4n) is 1.34. The van der Waals surface area contributed by atoms with Crippen LogP contribution in [0.5, 0.6) is 0 Å². The first-order chi connectivity index (χ1) is 11.3. The molecule has 0 N–H and O–H groups in total. The van der Waals surface area contributed by atoms with Crippen LogP contribution in [0.15, 0.2) is 0 Å².